The van der Waals surface area contributed by atoms with Crippen molar-refractivity contribution in [3.63, 3.8) is 0 Å². The van der Waals surface area contributed by atoms with Crippen molar-refractivity contribution in [1.82, 2.24) is 5.32 Å². The average molecular weight is 223 g/mol. The molecule has 0 spiro atoms. The van der Waals surface area contributed by atoms with Gasteiger partial charge in [-0.15, -0.1) is 12.4 Å². The number of amides is 1. The monoisotopic (exact) mass is 222 g/mol. The molecule has 14 heavy (non-hydrogen) atoms. The van der Waals surface area contributed by atoms with Crippen molar-refractivity contribution in [1.29, 1.82) is 0 Å². The number of hydrogen-bond acceptors (Lipinski definition) is 3. The molecule has 0 radical (unpaired) electrons. The normalized spacial score (nSPS) is 19.6. The van der Waals surface area contributed by atoms with Crippen LogP contribution >= 0.6 is 12.4 Å². The first-order valence-corrected chi connectivity index (χ1v) is 4.81. The van der Waals surface area contributed by atoms with Crippen LogP contribution in [0.25, 0.3) is 0 Å². The largest absolute Gasteiger partial charge is 0.381 e. The van der Waals surface area contributed by atoms with Gasteiger partial charge in [0, 0.05) is 19.8 Å². The molecule has 0 bridgehead atoms. The second-order valence-corrected chi connectivity index (χ2v) is 3.59. The number of halogens is 1. The van der Waals surface area contributed by atoms with Gasteiger partial charge in [-0.25, -0.2) is 0 Å². The third kappa shape index (κ3) is 4.79. The van der Waals surface area contributed by atoms with Gasteiger partial charge in [0.2, 0.25) is 5.91 Å². The molecule has 0 aromatic rings. The molecule has 0 saturated carbocycles. The summed E-state index contributed by atoms with van der Waals surface area (Å²) in [5.41, 5.74) is 5.41. The fraction of sp³-hybridized carbons (Fsp3) is 0.889. The Kier molecular flexibility index (Phi) is 6.87. The first-order chi connectivity index (χ1) is 6.20. The molecule has 1 rings (SSSR count). The van der Waals surface area contributed by atoms with E-state index in [2.05, 4.69) is 5.32 Å². The van der Waals surface area contributed by atoms with E-state index in [1.165, 1.54) is 0 Å². The van der Waals surface area contributed by atoms with E-state index in [9.17, 15) is 4.79 Å². The van der Waals surface area contributed by atoms with E-state index in [1.807, 2.05) is 0 Å². The maximum Gasteiger partial charge on any atom is 0.236 e. The smallest absolute Gasteiger partial charge is 0.236 e. The highest BCUT2D eigenvalue weighted by molar-refractivity contribution is 5.85. The first-order valence-electron chi connectivity index (χ1n) is 4.81. The van der Waals surface area contributed by atoms with Gasteiger partial charge in [0.1, 0.15) is 0 Å². The highest BCUT2D eigenvalue weighted by atomic mass is 35.5. The van der Waals surface area contributed by atoms with Gasteiger partial charge in [-0.05, 0) is 25.7 Å². The third-order valence-corrected chi connectivity index (χ3v) is 2.32. The van der Waals surface area contributed by atoms with Gasteiger partial charge in [-0.1, -0.05) is 0 Å². The Bertz CT molecular complexity index is 170. The quantitative estimate of drug-likeness (QED) is 0.722. The van der Waals surface area contributed by atoms with Crippen molar-refractivity contribution >= 4 is 18.3 Å². The van der Waals surface area contributed by atoms with Crippen molar-refractivity contribution in [2.45, 2.75) is 25.8 Å². The van der Waals surface area contributed by atoms with Gasteiger partial charge in [-0.3, -0.25) is 4.79 Å². The Balaban J connectivity index is 0.00000169. The molecule has 1 atom stereocenters. The zero-order chi connectivity index (χ0) is 9.68. The minimum atomic E-state index is -0.403. The van der Waals surface area contributed by atoms with Crippen LogP contribution in [-0.4, -0.2) is 31.7 Å². The number of carbonyl (C=O) groups excluding carboxylic acids is 1. The van der Waals surface area contributed by atoms with Crippen LogP contribution < -0.4 is 11.1 Å². The van der Waals surface area contributed by atoms with Crippen LogP contribution in [0.3, 0.4) is 0 Å². The number of nitrogens with one attached hydrogen (secondary N) is 1. The Labute approximate surface area is 91.0 Å². The van der Waals surface area contributed by atoms with Gasteiger partial charge in [0.25, 0.3) is 0 Å². The summed E-state index contributed by atoms with van der Waals surface area (Å²) < 4.78 is 5.22. The maximum atomic E-state index is 11.1. The van der Waals surface area contributed by atoms with E-state index in [0.717, 1.165) is 32.6 Å². The summed E-state index contributed by atoms with van der Waals surface area (Å²) in [6.45, 7) is 4.07. The predicted octanol–water partition coefficient (Wildman–Crippen LogP) is 0.298. The van der Waals surface area contributed by atoms with Gasteiger partial charge in [0.15, 0.2) is 0 Å². The Morgan fingerprint density at radius 3 is 2.64 bits per heavy atom. The highest BCUT2D eigenvalue weighted by Crippen LogP contribution is 2.12. The van der Waals surface area contributed by atoms with E-state index in [0.29, 0.717) is 5.92 Å². The molecule has 3 N–H and O–H groups in total. The summed E-state index contributed by atoms with van der Waals surface area (Å²) in [5.74, 6) is 0.503. The van der Waals surface area contributed by atoms with E-state index >= 15 is 0 Å². The molecule has 1 amide bonds. The van der Waals surface area contributed by atoms with Gasteiger partial charge >= 0.3 is 0 Å². The summed E-state index contributed by atoms with van der Waals surface area (Å²) in [4.78, 5) is 11.1. The van der Waals surface area contributed by atoms with Crippen molar-refractivity contribution in [3.05, 3.63) is 0 Å². The molecule has 1 saturated heterocycles. The summed E-state index contributed by atoms with van der Waals surface area (Å²) >= 11 is 0. The van der Waals surface area contributed by atoms with E-state index in [-0.39, 0.29) is 18.3 Å². The Morgan fingerprint density at radius 2 is 2.14 bits per heavy atom. The van der Waals surface area contributed by atoms with Crippen LogP contribution in [0.4, 0.5) is 0 Å². The lowest BCUT2D eigenvalue weighted by Crippen LogP contribution is -2.41. The van der Waals surface area contributed by atoms with Crippen molar-refractivity contribution < 1.29 is 9.53 Å². The Morgan fingerprint density at radius 1 is 1.57 bits per heavy atom. The van der Waals surface area contributed by atoms with E-state index in [1.54, 1.807) is 6.92 Å². The van der Waals surface area contributed by atoms with Gasteiger partial charge in [-0.2, -0.15) is 0 Å². The van der Waals surface area contributed by atoms with Crippen LogP contribution in [0.15, 0.2) is 0 Å². The van der Waals surface area contributed by atoms with E-state index < -0.39 is 6.04 Å². The summed E-state index contributed by atoms with van der Waals surface area (Å²) in [6, 6.07) is -0.403. The van der Waals surface area contributed by atoms with E-state index in [4.69, 9.17) is 10.5 Å². The lowest BCUT2D eigenvalue weighted by atomic mass is 10.0. The number of nitrogens with two attached hydrogens (primary N) is 1. The van der Waals surface area contributed by atoms with Crippen molar-refractivity contribution in [2.24, 2.45) is 11.7 Å². The molecular formula is C9H19ClN2O2. The molecule has 0 aromatic heterocycles. The second kappa shape index (κ2) is 7.04. The van der Waals surface area contributed by atoms with Gasteiger partial charge < -0.3 is 15.8 Å². The number of ether oxygens (including phenoxy) is 1. The summed E-state index contributed by atoms with van der Waals surface area (Å²) in [7, 11) is 0. The topological polar surface area (TPSA) is 64.4 Å². The number of carbonyl (C=O) groups is 1. The second-order valence-electron chi connectivity index (χ2n) is 3.59. The molecule has 4 nitrogen and oxygen atoms in total. The van der Waals surface area contributed by atoms with Crippen LogP contribution in [0.5, 0.6) is 0 Å². The van der Waals surface area contributed by atoms with Crippen LogP contribution in [0, 0.1) is 5.92 Å². The molecule has 1 heterocycles. The highest BCUT2D eigenvalue weighted by Gasteiger charge is 2.15. The third-order valence-electron chi connectivity index (χ3n) is 2.32. The van der Waals surface area contributed by atoms with Crippen LogP contribution in [-0.2, 0) is 9.53 Å². The molecule has 1 aliphatic rings. The summed E-state index contributed by atoms with van der Waals surface area (Å²) in [5, 5.41) is 2.83. The molecule has 0 aliphatic carbocycles. The standard InChI is InChI=1S/C9H18N2O2.ClH/c1-7(10)9(12)11-6-8-2-4-13-5-3-8;/h7-8H,2-6,10H2,1H3,(H,11,12);1H. The molecule has 5 heteroatoms. The van der Waals surface area contributed by atoms with Crippen molar-refractivity contribution in [3.8, 4) is 0 Å². The maximum absolute atomic E-state index is 11.1. The fourth-order valence-corrected chi connectivity index (χ4v) is 1.36. The van der Waals surface area contributed by atoms with Crippen molar-refractivity contribution in [2.75, 3.05) is 19.8 Å². The predicted molar refractivity (Wildman–Crippen MR) is 57.5 cm³/mol. The molecule has 84 valence electrons. The van der Waals surface area contributed by atoms with Gasteiger partial charge in [0.05, 0.1) is 6.04 Å². The Hall–Kier alpha value is -0.320. The number of hydrogen-bond donors (Lipinski definition) is 2. The fourth-order valence-electron chi connectivity index (χ4n) is 1.36. The molecule has 1 aliphatic heterocycles. The molecule has 0 aromatic carbocycles. The zero-order valence-electron chi connectivity index (χ0n) is 8.49. The zero-order valence-corrected chi connectivity index (χ0v) is 9.31. The van der Waals surface area contributed by atoms with Crippen LogP contribution in [0.2, 0.25) is 0 Å². The average Bonchev–Trinajstić information content (AvgIpc) is 2.15. The minimum absolute atomic E-state index is 0. The first kappa shape index (κ1) is 13.7. The lowest BCUT2D eigenvalue weighted by Gasteiger charge is -2.22. The number of rotatable bonds is 3. The minimum Gasteiger partial charge on any atom is -0.381 e. The molecule has 1 unspecified atom stereocenters. The van der Waals surface area contributed by atoms with Crippen LogP contribution in [0.1, 0.15) is 19.8 Å². The SMILES string of the molecule is CC(N)C(=O)NCC1CCOCC1.Cl. The summed E-state index contributed by atoms with van der Waals surface area (Å²) in [6.07, 6.45) is 2.08. The lowest BCUT2D eigenvalue weighted by molar-refractivity contribution is -0.122. The molecule has 1 fully saturated rings. The molecular weight excluding hydrogens is 204 g/mol.